The zero-order valence-corrected chi connectivity index (χ0v) is 17.6. The standard InChI is InChI=1S/C20H16F3N3O3S2/c21-20(22,23)9-24-15(27)8-29-19(28)12-4-1-2-6-14(12)31-18-16-11-5-3-7-13(11)30-17(16)25-10-26-18/h1-2,4,6,10H,3,5,7-9H2,(H,24,27). The lowest BCUT2D eigenvalue weighted by atomic mass is 10.2. The molecule has 6 nitrogen and oxygen atoms in total. The van der Waals surface area contributed by atoms with Crippen LogP contribution in [0.2, 0.25) is 0 Å². The molecule has 2 aromatic heterocycles. The zero-order chi connectivity index (χ0) is 22.0. The Kier molecular flexibility index (Phi) is 6.15. The minimum atomic E-state index is -4.53. The summed E-state index contributed by atoms with van der Waals surface area (Å²) < 4.78 is 41.4. The summed E-state index contributed by atoms with van der Waals surface area (Å²) in [5.74, 6) is -1.83. The van der Waals surface area contributed by atoms with Crippen molar-refractivity contribution in [1.29, 1.82) is 0 Å². The van der Waals surface area contributed by atoms with Gasteiger partial charge in [-0.15, -0.1) is 11.3 Å². The Morgan fingerprint density at radius 1 is 1.19 bits per heavy atom. The summed E-state index contributed by atoms with van der Waals surface area (Å²) in [6.45, 7) is -2.28. The van der Waals surface area contributed by atoms with Gasteiger partial charge in [-0.2, -0.15) is 13.2 Å². The summed E-state index contributed by atoms with van der Waals surface area (Å²) in [5.41, 5.74) is 1.46. The Morgan fingerprint density at radius 3 is 2.81 bits per heavy atom. The van der Waals surface area contributed by atoms with Crippen LogP contribution in [0.15, 0.2) is 40.5 Å². The fourth-order valence-electron chi connectivity index (χ4n) is 3.26. The second kappa shape index (κ2) is 8.83. The minimum Gasteiger partial charge on any atom is -0.452 e. The molecular weight excluding hydrogens is 451 g/mol. The van der Waals surface area contributed by atoms with Crippen LogP contribution >= 0.6 is 23.1 Å². The SMILES string of the molecule is O=C(COC(=O)c1ccccc1Sc1ncnc2sc3c(c12)CCC3)NCC(F)(F)F. The number of aryl methyl sites for hydroxylation is 2. The molecule has 0 spiro atoms. The number of aromatic nitrogens is 2. The van der Waals surface area contributed by atoms with Gasteiger partial charge in [0.15, 0.2) is 6.61 Å². The lowest BCUT2D eigenvalue weighted by molar-refractivity contribution is -0.140. The molecule has 0 unspecified atom stereocenters. The number of fused-ring (bicyclic) bond motifs is 3. The van der Waals surface area contributed by atoms with E-state index < -0.39 is 31.2 Å². The first-order valence-corrected chi connectivity index (χ1v) is 11.0. The van der Waals surface area contributed by atoms with Crippen LogP contribution in [0.1, 0.15) is 27.2 Å². The van der Waals surface area contributed by atoms with Gasteiger partial charge < -0.3 is 10.1 Å². The Balaban J connectivity index is 1.50. The average Bonchev–Trinajstić information content (AvgIpc) is 3.32. The van der Waals surface area contributed by atoms with Gasteiger partial charge in [0.2, 0.25) is 0 Å². The van der Waals surface area contributed by atoms with Gasteiger partial charge in [0, 0.05) is 15.2 Å². The molecule has 1 aromatic carbocycles. The molecule has 1 aliphatic carbocycles. The van der Waals surface area contributed by atoms with E-state index >= 15 is 0 Å². The summed E-state index contributed by atoms with van der Waals surface area (Å²) in [6, 6.07) is 6.66. The number of nitrogens with one attached hydrogen (secondary N) is 1. The fraction of sp³-hybridized carbons (Fsp3) is 0.300. The van der Waals surface area contributed by atoms with E-state index in [-0.39, 0.29) is 5.56 Å². The van der Waals surface area contributed by atoms with Crippen LogP contribution in [-0.2, 0) is 22.4 Å². The lowest BCUT2D eigenvalue weighted by Crippen LogP contribution is -2.36. The number of rotatable bonds is 6. The number of halogens is 3. The predicted octanol–water partition coefficient (Wildman–Crippen LogP) is 4.17. The van der Waals surface area contributed by atoms with Crippen molar-refractivity contribution in [3.8, 4) is 0 Å². The number of carbonyl (C=O) groups excluding carboxylic acids is 2. The number of amides is 1. The van der Waals surface area contributed by atoms with E-state index in [9.17, 15) is 22.8 Å². The molecule has 1 N–H and O–H groups in total. The quantitative estimate of drug-likeness (QED) is 0.433. The monoisotopic (exact) mass is 467 g/mol. The first kappa shape index (κ1) is 21.6. The maximum atomic E-state index is 12.5. The van der Waals surface area contributed by atoms with Crippen molar-refractivity contribution in [2.24, 2.45) is 0 Å². The molecule has 0 saturated heterocycles. The summed E-state index contributed by atoms with van der Waals surface area (Å²) in [7, 11) is 0. The third-order valence-electron chi connectivity index (χ3n) is 4.60. The summed E-state index contributed by atoms with van der Waals surface area (Å²) >= 11 is 2.95. The topological polar surface area (TPSA) is 81.2 Å². The maximum absolute atomic E-state index is 12.5. The Labute approximate surface area is 183 Å². The van der Waals surface area contributed by atoms with Crippen molar-refractivity contribution < 1.29 is 27.5 Å². The molecule has 0 aliphatic heterocycles. The smallest absolute Gasteiger partial charge is 0.405 e. The molecule has 1 aliphatic rings. The van der Waals surface area contributed by atoms with E-state index in [2.05, 4.69) is 9.97 Å². The number of carbonyl (C=O) groups is 2. The normalized spacial score (nSPS) is 13.3. The number of esters is 1. The molecule has 11 heteroatoms. The van der Waals surface area contributed by atoms with Crippen molar-refractivity contribution >= 4 is 45.2 Å². The molecule has 0 bridgehead atoms. The van der Waals surface area contributed by atoms with E-state index in [0.29, 0.717) is 4.90 Å². The lowest BCUT2D eigenvalue weighted by Gasteiger charge is -2.11. The number of ether oxygens (including phenoxy) is 1. The van der Waals surface area contributed by atoms with E-state index in [1.807, 2.05) is 0 Å². The van der Waals surface area contributed by atoms with Gasteiger partial charge in [-0.05, 0) is 37.0 Å². The third-order valence-corrected chi connectivity index (χ3v) is 6.88. The predicted molar refractivity (Wildman–Crippen MR) is 109 cm³/mol. The highest BCUT2D eigenvalue weighted by Gasteiger charge is 2.28. The molecule has 3 aromatic rings. The maximum Gasteiger partial charge on any atom is 0.405 e. The molecule has 4 rings (SSSR count). The molecule has 162 valence electrons. The molecular formula is C20H16F3N3O3S2. The number of hydrogen-bond acceptors (Lipinski definition) is 7. The number of benzene rings is 1. The largest absolute Gasteiger partial charge is 0.452 e. The van der Waals surface area contributed by atoms with Crippen LogP contribution in [0, 0.1) is 0 Å². The van der Waals surface area contributed by atoms with Crippen molar-refractivity contribution in [3.05, 3.63) is 46.6 Å². The highest BCUT2D eigenvalue weighted by molar-refractivity contribution is 7.99. The van der Waals surface area contributed by atoms with E-state index in [0.717, 1.165) is 34.5 Å². The van der Waals surface area contributed by atoms with Gasteiger partial charge in [-0.1, -0.05) is 23.9 Å². The zero-order valence-electron chi connectivity index (χ0n) is 16.0. The first-order chi connectivity index (χ1) is 14.8. The van der Waals surface area contributed by atoms with Gasteiger partial charge in [0.05, 0.1) is 5.56 Å². The molecule has 31 heavy (non-hydrogen) atoms. The van der Waals surface area contributed by atoms with Crippen molar-refractivity contribution in [2.45, 2.75) is 35.4 Å². The average molecular weight is 467 g/mol. The van der Waals surface area contributed by atoms with Crippen LogP contribution in [-0.4, -0.2) is 41.2 Å². The van der Waals surface area contributed by atoms with E-state index in [1.165, 1.54) is 34.6 Å². The Morgan fingerprint density at radius 2 is 2.00 bits per heavy atom. The second-order valence-electron chi connectivity index (χ2n) is 6.78. The fourth-order valence-corrected chi connectivity index (χ4v) is 5.60. The van der Waals surface area contributed by atoms with Crippen molar-refractivity contribution in [2.75, 3.05) is 13.2 Å². The van der Waals surface area contributed by atoms with E-state index in [4.69, 9.17) is 4.74 Å². The molecule has 0 saturated carbocycles. The summed E-state index contributed by atoms with van der Waals surface area (Å²) in [5, 5.41) is 3.39. The van der Waals surface area contributed by atoms with Crippen LogP contribution < -0.4 is 5.32 Å². The summed E-state index contributed by atoms with van der Waals surface area (Å²) in [4.78, 5) is 35.6. The van der Waals surface area contributed by atoms with Crippen LogP contribution in [0.25, 0.3) is 10.2 Å². The van der Waals surface area contributed by atoms with Gasteiger partial charge in [0.25, 0.3) is 5.91 Å². The first-order valence-electron chi connectivity index (χ1n) is 9.34. The number of hydrogen-bond donors (Lipinski definition) is 1. The van der Waals surface area contributed by atoms with Gasteiger partial charge in [-0.3, -0.25) is 4.79 Å². The number of alkyl halides is 3. The molecule has 0 atom stereocenters. The van der Waals surface area contributed by atoms with Crippen LogP contribution in [0.5, 0.6) is 0 Å². The van der Waals surface area contributed by atoms with E-state index in [1.54, 1.807) is 34.9 Å². The molecule has 2 heterocycles. The minimum absolute atomic E-state index is 0.203. The summed E-state index contributed by atoms with van der Waals surface area (Å²) in [6.07, 6.45) is 0.0398. The van der Waals surface area contributed by atoms with Gasteiger partial charge in [-0.25, -0.2) is 14.8 Å². The highest BCUT2D eigenvalue weighted by atomic mass is 32.2. The molecule has 1 amide bonds. The molecule has 0 radical (unpaired) electrons. The number of nitrogens with zero attached hydrogens (tertiary/aromatic N) is 2. The molecule has 0 fully saturated rings. The van der Waals surface area contributed by atoms with Crippen LogP contribution in [0.3, 0.4) is 0 Å². The van der Waals surface area contributed by atoms with Crippen LogP contribution in [0.4, 0.5) is 13.2 Å². The third kappa shape index (κ3) is 4.99. The second-order valence-corrected chi connectivity index (χ2v) is 8.90. The van der Waals surface area contributed by atoms with Gasteiger partial charge >= 0.3 is 12.1 Å². The Hall–Kier alpha value is -2.66. The highest BCUT2D eigenvalue weighted by Crippen LogP contribution is 2.42. The van der Waals surface area contributed by atoms with Crippen molar-refractivity contribution in [3.63, 3.8) is 0 Å². The number of thiophene rings is 1. The van der Waals surface area contributed by atoms with Crippen molar-refractivity contribution in [1.82, 2.24) is 15.3 Å². The Bertz CT molecular complexity index is 1150. The van der Waals surface area contributed by atoms with Gasteiger partial charge in [0.1, 0.15) is 22.7 Å².